The molecule has 1 fully saturated rings. The lowest BCUT2D eigenvalue weighted by atomic mass is 9.83. The molecule has 1 aliphatic rings. The average Bonchev–Trinajstić information content (AvgIpc) is 3.03. The van der Waals surface area contributed by atoms with Crippen molar-refractivity contribution < 1.29 is 24.1 Å². The lowest BCUT2D eigenvalue weighted by Gasteiger charge is -2.46. The molecule has 0 radical (unpaired) electrons. The van der Waals surface area contributed by atoms with Crippen LogP contribution in [0.1, 0.15) is 61.1 Å². The van der Waals surface area contributed by atoms with Gasteiger partial charge in [0.2, 0.25) is 0 Å². The Kier molecular flexibility index (Phi) is 10.8. The van der Waals surface area contributed by atoms with E-state index in [2.05, 4.69) is 38.1 Å². The van der Waals surface area contributed by atoms with Crippen LogP contribution in [0.5, 0.6) is 11.5 Å². The van der Waals surface area contributed by atoms with Gasteiger partial charge in [0.1, 0.15) is 23.7 Å². The van der Waals surface area contributed by atoms with E-state index in [0.29, 0.717) is 31.3 Å². The first-order valence-corrected chi connectivity index (χ1v) is 15.5. The quantitative estimate of drug-likeness (QED) is 0.176. The van der Waals surface area contributed by atoms with Crippen LogP contribution in [-0.4, -0.2) is 30.0 Å². The Morgan fingerprint density at radius 3 is 1.95 bits per heavy atom. The van der Waals surface area contributed by atoms with Crippen LogP contribution >= 0.6 is 11.6 Å². The first kappa shape index (κ1) is 31.1. The molecule has 4 aromatic rings. The van der Waals surface area contributed by atoms with Crippen molar-refractivity contribution in [3.63, 3.8) is 0 Å². The molecule has 5 rings (SSSR count). The van der Waals surface area contributed by atoms with Crippen molar-refractivity contribution >= 4 is 11.6 Å². The molecule has 0 aliphatic carbocycles. The summed E-state index contributed by atoms with van der Waals surface area (Å²) in [4.78, 5) is 0. The Bertz CT molecular complexity index is 1430. The minimum atomic E-state index is -0.465. The predicted octanol–water partition coefficient (Wildman–Crippen LogP) is 8.69. The number of aromatic hydroxyl groups is 1. The maximum atomic E-state index is 11.0. The number of benzene rings is 4. The topological polar surface area (TPSA) is 57.2 Å². The molecular formula is C37H41ClO5. The molecule has 1 N–H and O–H groups in total. The molecule has 1 saturated heterocycles. The Morgan fingerprint density at radius 1 is 0.767 bits per heavy atom. The minimum absolute atomic E-state index is 0.0268. The molecule has 43 heavy (non-hydrogen) atoms. The van der Waals surface area contributed by atoms with E-state index in [1.807, 2.05) is 73.7 Å². The van der Waals surface area contributed by atoms with Crippen molar-refractivity contribution in [2.24, 2.45) is 5.92 Å². The van der Waals surface area contributed by atoms with E-state index in [-0.39, 0.29) is 23.9 Å². The molecule has 0 unspecified atom stereocenters. The van der Waals surface area contributed by atoms with Gasteiger partial charge in [0.15, 0.2) is 0 Å². The fraction of sp³-hybridized carbons (Fsp3) is 0.351. The van der Waals surface area contributed by atoms with Gasteiger partial charge in [-0.1, -0.05) is 104 Å². The highest BCUT2D eigenvalue weighted by molar-refractivity contribution is 6.32. The molecule has 226 valence electrons. The summed E-state index contributed by atoms with van der Waals surface area (Å²) >= 11 is 6.67. The van der Waals surface area contributed by atoms with Gasteiger partial charge in [0.05, 0.1) is 37.1 Å². The number of ether oxygens (including phenoxy) is 4. The SMILES string of the molecule is CCOc1ccc(Cc2cc([C@@H]3O[C@H](CC)[C@@H](C)[C@H](OCc4ccccc4)[C@H]3OCc3ccccc3)cc(O)c2Cl)cc1. The zero-order chi connectivity index (χ0) is 30.2. The number of rotatable bonds is 12. The highest BCUT2D eigenvalue weighted by Gasteiger charge is 2.45. The van der Waals surface area contributed by atoms with Gasteiger partial charge in [-0.15, -0.1) is 0 Å². The molecule has 1 aliphatic heterocycles. The molecule has 4 aromatic carbocycles. The van der Waals surface area contributed by atoms with Crippen LogP contribution in [-0.2, 0) is 33.8 Å². The molecule has 0 amide bonds. The number of halogens is 1. The first-order chi connectivity index (χ1) is 21.0. The predicted molar refractivity (Wildman–Crippen MR) is 171 cm³/mol. The summed E-state index contributed by atoms with van der Waals surface area (Å²) in [5.41, 5.74) is 4.88. The van der Waals surface area contributed by atoms with Crippen molar-refractivity contribution in [1.82, 2.24) is 0 Å². The lowest BCUT2D eigenvalue weighted by Crippen LogP contribution is -2.51. The van der Waals surface area contributed by atoms with Gasteiger partial charge in [-0.3, -0.25) is 0 Å². The van der Waals surface area contributed by atoms with Crippen molar-refractivity contribution in [2.75, 3.05) is 6.61 Å². The standard InChI is InChI=1S/C37H41ClO5/c1-4-33-25(3)35(41-23-27-12-8-6-9-13-27)37(42-24-28-14-10-7-11-15-28)36(43-33)30-21-29(34(38)32(39)22-30)20-26-16-18-31(19-17-26)40-5-2/h6-19,21-22,25,33,35-37,39H,4-5,20,23-24H2,1-3H3/t25-,33-,35+,36+,37-/m1/s1. The third-order valence-corrected chi connectivity index (χ3v) is 8.57. The summed E-state index contributed by atoms with van der Waals surface area (Å²) in [6.07, 6.45) is 0.215. The summed E-state index contributed by atoms with van der Waals surface area (Å²) in [5, 5.41) is 11.4. The van der Waals surface area contributed by atoms with Crippen LogP contribution in [0.2, 0.25) is 5.02 Å². The van der Waals surface area contributed by atoms with Gasteiger partial charge in [0, 0.05) is 5.92 Å². The molecule has 0 saturated carbocycles. The monoisotopic (exact) mass is 600 g/mol. The Balaban J connectivity index is 1.48. The second-order valence-corrected chi connectivity index (χ2v) is 11.5. The third kappa shape index (κ3) is 7.79. The summed E-state index contributed by atoms with van der Waals surface area (Å²) in [5.74, 6) is 0.943. The lowest BCUT2D eigenvalue weighted by molar-refractivity contribution is -0.234. The van der Waals surface area contributed by atoms with Crippen LogP contribution in [0, 0.1) is 5.92 Å². The number of hydrogen-bond acceptors (Lipinski definition) is 5. The van der Waals surface area contributed by atoms with E-state index in [0.717, 1.165) is 40.0 Å². The maximum absolute atomic E-state index is 11.0. The molecule has 1 heterocycles. The number of hydrogen-bond donors (Lipinski definition) is 1. The molecule has 0 bridgehead atoms. The zero-order valence-corrected chi connectivity index (χ0v) is 25.9. The van der Waals surface area contributed by atoms with Gasteiger partial charge >= 0.3 is 0 Å². The second-order valence-electron chi connectivity index (χ2n) is 11.2. The van der Waals surface area contributed by atoms with Gasteiger partial charge in [-0.2, -0.15) is 0 Å². The Morgan fingerprint density at radius 2 is 1.37 bits per heavy atom. The fourth-order valence-electron chi connectivity index (χ4n) is 5.85. The normalized spacial score (nSPS) is 21.9. The number of phenolic OH excluding ortho intramolecular Hbond substituents is 1. The van der Waals surface area contributed by atoms with Gasteiger partial charge in [0.25, 0.3) is 0 Å². The molecular weight excluding hydrogens is 560 g/mol. The first-order valence-electron chi connectivity index (χ1n) is 15.2. The van der Waals surface area contributed by atoms with Gasteiger partial charge in [-0.05, 0) is 65.8 Å². The van der Waals surface area contributed by atoms with Crippen LogP contribution in [0.4, 0.5) is 0 Å². The van der Waals surface area contributed by atoms with Crippen LogP contribution < -0.4 is 4.74 Å². The summed E-state index contributed by atoms with van der Waals surface area (Å²) in [6.45, 7) is 7.78. The van der Waals surface area contributed by atoms with Gasteiger partial charge < -0.3 is 24.1 Å². The highest BCUT2D eigenvalue weighted by Crippen LogP contribution is 2.43. The summed E-state index contributed by atoms with van der Waals surface area (Å²) in [7, 11) is 0. The van der Waals surface area contributed by atoms with E-state index in [9.17, 15) is 5.11 Å². The Labute approximate surface area is 260 Å². The third-order valence-electron chi connectivity index (χ3n) is 8.13. The van der Waals surface area contributed by atoms with E-state index >= 15 is 0 Å². The van der Waals surface area contributed by atoms with E-state index in [1.54, 1.807) is 6.07 Å². The Hall–Kier alpha value is -3.35. The molecule has 6 heteroatoms. The van der Waals surface area contributed by atoms with E-state index in [1.165, 1.54) is 0 Å². The van der Waals surface area contributed by atoms with Gasteiger partial charge in [-0.25, -0.2) is 0 Å². The minimum Gasteiger partial charge on any atom is -0.506 e. The number of phenols is 1. The smallest absolute Gasteiger partial charge is 0.134 e. The molecule has 5 atom stereocenters. The molecule has 5 nitrogen and oxygen atoms in total. The molecule has 0 spiro atoms. The van der Waals surface area contributed by atoms with Crippen molar-refractivity contribution in [2.45, 2.75) is 71.2 Å². The van der Waals surface area contributed by atoms with Crippen molar-refractivity contribution in [3.05, 3.63) is 130 Å². The highest BCUT2D eigenvalue weighted by atomic mass is 35.5. The summed E-state index contributed by atoms with van der Waals surface area (Å²) < 4.78 is 25.7. The summed E-state index contributed by atoms with van der Waals surface area (Å²) in [6, 6.07) is 32.0. The largest absolute Gasteiger partial charge is 0.506 e. The zero-order valence-electron chi connectivity index (χ0n) is 25.1. The van der Waals surface area contributed by atoms with E-state index in [4.69, 9.17) is 30.5 Å². The van der Waals surface area contributed by atoms with Crippen molar-refractivity contribution in [3.8, 4) is 11.5 Å². The van der Waals surface area contributed by atoms with Crippen molar-refractivity contribution in [1.29, 1.82) is 0 Å². The van der Waals surface area contributed by atoms with Crippen LogP contribution in [0.25, 0.3) is 0 Å². The van der Waals surface area contributed by atoms with Crippen LogP contribution in [0.3, 0.4) is 0 Å². The average molecular weight is 601 g/mol. The molecule has 0 aromatic heterocycles. The fourth-order valence-corrected chi connectivity index (χ4v) is 6.02. The maximum Gasteiger partial charge on any atom is 0.134 e. The second kappa shape index (κ2) is 14.9. The van der Waals surface area contributed by atoms with E-state index < -0.39 is 12.2 Å². The van der Waals surface area contributed by atoms with Crippen LogP contribution in [0.15, 0.2) is 97.1 Å².